The van der Waals surface area contributed by atoms with Crippen molar-refractivity contribution < 1.29 is 4.39 Å². The van der Waals surface area contributed by atoms with Gasteiger partial charge in [0.2, 0.25) is 0 Å². The minimum atomic E-state index is -0.239. The third-order valence-electron chi connectivity index (χ3n) is 2.39. The molecule has 0 aliphatic carbocycles. The van der Waals surface area contributed by atoms with Crippen molar-refractivity contribution in [1.82, 2.24) is 4.68 Å². The largest absolute Gasteiger partial charge is 0.319 e. The second-order valence-corrected chi connectivity index (χ2v) is 4.47. The number of benzene rings is 1. The Morgan fingerprint density at radius 2 is 2.00 bits per heavy atom. The van der Waals surface area contributed by atoms with Crippen LogP contribution in [0.5, 0.6) is 0 Å². The third kappa shape index (κ3) is 2.44. The Kier molecular flexibility index (Phi) is 3.29. The van der Waals surface area contributed by atoms with Crippen LogP contribution in [0.2, 0.25) is 0 Å². The molecule has 1 N–H and O–H groups in total. The third-order valence-corrected chi connectivity index (χ3v) is 3.00. The molecule has 1 unspecified atom stereocenters. The molecule has 1 aromatic carbocycles. The quantitative estimate of drug-likeness (QED) is 0.909. The zero-order valence-corrected chi connectivity index (χ0v) is 10.4. The topological polar surface area (TPSA) is 17.0 Å². The molecule has 0 fully saturated rings. The molecule has 0 saturated heterocycles. The van der Waals surface area contributed by atoms with Crippen molar-refractivity contribution in [3.8, 4) is 0 Å². The van der Waals surface area contributed by atoms with Crippen molar-refractivity contribution in [1.29, 1.82) is 0 Å². The average Bonchev–Trinajstić information content (AvgIpc) is 2.74. The van der Waals surface area contributed by atoms with Crippen LogP contribution in [0.25, 0.3) is 0 Å². The number of halogens is 2. The van der Waals surface area contributed by atoms with Gasteiger partial charge < -0.3 is 5.43 Å². The highest BCUT2D eigenvalue weighted by atomic mass is 79.9. The zero-order chi connectivity index (χ0) is 11.5. The van der Waals surface area contributed by atoms with Gasteiger partial charge in [0.15, 0.2) is 0 Å². The summed E-state index contributed by atoms with van der Waals surface area (Å²) in [6.07, 6.45) is 3.85. The van der Waals surface area contributed by atoms with Gasteiger partial charge in [0.1, 0.15) is 5.82 Å². The Morgan fingerprint density at radius 3 is 2.62 bits per heavy atom. The van der Waals surface area contributed by atoms with Gasteiger partial charge in [0, 0.05) is 12.4 Å². The lowest BCUT2D eigenvalue weighted by Crippen LogP contribution is -2.16. The molecule has 1 aromatic heterocycles. The van der Waals surface area contributed by atoms with E-state index in [4.69, 9.17) is 0 Å². The van der Waals surface area contributed by atoms with Crippen molar-refractivity contribution in [3.63, 3.8) is 0 Å². The summed E-state index contributed by atoms with van der Waals surface area (Å²) in [6, 6.07) is 9.04. The van der Waals surface area contributed by atoms with Crippen LogP contribution < -0.4 is 5.43 Å². The molecule has 1 heterocycles. The maximum Gasteiger partial charge on any atom is 0.137 e. The predicted molar refractivity (Wildman–Crippen MR) is 66.3 cm³/mol. The Labute approximate surface area is 102 Å². The van der Waals surface area contributed by atoms with E-state index in [-0.39, 0.29) is 11.9 Å². The van der Waals surface area contributed by atoms with E-state index in [1.54, 1.807) is 12.1 Å². The standard InChI is InChI=1S/C12H12BrFN2/c1-9(15-16-6-2-3-7-16)10-4-5-12(14)11(13)8-10/h2-9,15H,1H3. The van der Waals surface area contributed by atoms with E-state index in [1.165, 1.54) is 6.07 Å². The number of nitrogens with one attached hydrogen (secondary N) is 1. The van der Waals surface area contributed by atoms with Crippen LogP contribution in [0, 0.1) is 5.82 Å². The van der Waals surface area contributed by atoms with Gasteiger partial charge in [-0.15, -0.1) is 0 Å². The normalized spacial score (nSPS) is 12.4. The van der Waals surface area contributed by atoms with Crippen molar-refractivity contribution in [2.75, 3.05) is 5.43 Å². The molecule has 2 rings (SSSR count). The van der Waals surface area contributed by atoms with Gasteiger partial charge in [0.25, 0.3) is 0 Å². The molecule has 0 bridgehead atoms. The maximum absolute atomic E-state index is 13.1. The summed E-state index contributed by atoms with van der Waals surface area (Å²) in [6.45, 7) is 2.03. The van der Waals surface area contributed by atoms with Crippen LogP contribution in [-0.2, 0) is 0 Å². The van der Waals surface area contributed by atoms with Crippen molar-refractivity contribution in [2.24, 2.45) is 0 Å². The smallest absolute Gasteiger partial charge is 0.137 e. The summed E-state index contributed by atoms with van der Waals surface area (Å²) in [7, 11) is 0. The van der Waals surface area contributed by atoms with Gasteiger partial charge in [-0.25, -0.2) is 4.39 Å². The van der Waals surface area contributed by atoms with E-state index in [9.17, 15) is 4.39 Å². The van der Waals surface area contributed by atoms with E-state index < -0.39 is 0 Å². The van der Waals surface area contributed by atoms with E-state index in [0.29, 0.717) is 4.47 Å². The summed E-state index contributed by atoms with van der Waals surface area (Å²) in [5.74, 6) is -0.239. The average molecular weight is 283 g/mol. The fraction of sp³-hybridized carbons (Fsp3) is 0.167. The van der Waals surface area contributed by atoms with Crippen LogP contribution >= 0.6 is 15.9 Å². The van der Waals surface area contributed by atoms with Crippen molar-refractivity contribution in [2.45, 2.75) is 13.0 Å². The molecular formula is C12H12BrFN2. The second-order valence-electron chi connectivity index (χ2n) is 3.61. The Morgan fingerprint density at radius 1 is 1.31 bits per heavy atom. The van der Waals surface area contributed by atoms with E-state index in [0.717, 1.165) is 5.56 Å². The minimum Gasteiger partial charge on any atom is -0.319 e. The molecule has 0 spiro atoms. The molecular weight excluding hydrogens is 271 g/mol. The first kappa shape index (κ1) is 11.2. The van der Waals surface area contributed by atoms with Crippen LogP contribution in [0.15, 0.2) is 47.2 Å². The van der Waals surface area contributed by atoms with Crippen LogP contribution in [-0.4, -0.2) is 4.68 Å². The number of hydrogen-bond acceptors (Lipinski definition) is 1. The van der Waals surface area contributed by atoms with Gasteiger partial charge >= 0.3 is 0 Å². The molecule has 0 saturated carbocycles. The van der Waals surface area contributed by atoms with Crippen LogP contribution in [0.4, 0.5) is 4.39 Å². The molecule has 16 heavy (non-hydrogen) atoms. The lowest BCUT2D eigenvalue weighted by atomic mass is 10.1. The SMILES string of the molecule is CC(Nn1cccc1)c1ccc(F)c(Br)c1. The van der Waals surface area contributed by atoms with Crippen LogP contribution in [0.1, 0.15) is 18.5 Å². The monoisotopic (exact) mass is 282 g/mol. The summed E-state index contributed by atoms with van der Waals surface area (Å²) in [4.78, 5) is 0. The Bertz CT molecular complexity index is 468. The van der Waals surface area contributed by atoms with Gasteiger partial charge in [-0.1, -0.05) is 6.07 Å². The van der Waals surface area contributed by atoms with Crippen molar-refractivity contribution in [3.05, 3.63) is 58.6 Å². The predicted octanol–water partition coefficient (Wildman–Crippen LogP) is 3.69. The molecule has 0 radical (unpaired) electrons. The fourth-order valence-corrected chi connectivity index (χ4v) is 1.90. The lowest BCUT2D eigenvalue weighted by Gasteiger charge is -2.16. The fourth-order valence-electron chi connectivity index (χ4n) is 1.50. The first-order valence-electron chi connectivity index (χ1n) is 5.01. The molecule has 2 aromatic rings. The Balaban J connectivity index is 2.14. The van der Waals surface area contributed by atoms with Gasteiger partial charge in [-0.2, -0.15) is 0 Å². The van der Waals surface area contributed by atoms with Gasteiger partial charge in [0.05, 0.1) is 10.5 Å². The second kappa shape index (κ2) is 4.70. The number of nitrogens with zero attached hydrogens (tertiary/aromatic N) is 1. The van der Waals surface area contributed by atoms with Crippen LogP contribution in [0.3, 0.4) is 0 Å². The highest BCUT2D eigenvalue weighted by Gasteiger charge is 2.07. The highest BCUT2D eigenvalue weighted by molar-refractivity contribution is 9.10. The molecule has 1 atom stereocenters. The molecule has 2 nitrogen and oxygen atoms in total. The molecule has 0 aliphatic heterocycles. The number of hydrogen-bond donors (Lipinski definition) is 1. The summed E-state index contributed by atoms with van der Waals surface area (Å²) in [5, 5.41) is 0. The summed E-state index contributed by atoms with van der Waals surface area (Å²) >= 11 is 3.18. The van der Waals surface area contributed by atoms with Crippen molar-refractivity contribution >= 4 is 15.9 Å². The molecule has 4 heteroatoms. The summed E-state index contributed by atoms with van der Waals surface area (Å²) in [5.41, 5.74) is 4.29. The first-order chi connectivity index (χ1) is 7.66. The maximum atomic E-state index is 13.1. The van der Waals surface area contributed by atoms with Gasteiger partial charge in [-0.05, 0) is 52.7 Å². The molecule has 0 aliphatic rings. The minimum absolute atomic E-state index is 0.115. The Hall–Kier alpha value is -1.29. The summed E-state index contributed by atoms with van der Waals surface area (Å²) < 4.78 is 15.4. The van der Waals surface area contributed by atoms with Gasteiger partial charge in [-0.3, -0.25) is 4.68 Å². The zero-order valence-electron chi connectivity index (χ0n) is 8.82. The van der Waals surface area contributed by atoms with E-state index in [2.05, 4.69) is 21.4 Å². The molecule has 84 valence electrons. The lowest BCUT2D eigenvalue weighted by molar-refractivity contribution is 0.618. The van der Waals surface area contributed by atoms with E-state index >= 15 is 0 Å². The van der Waals surface area contributed by atoms with E-state index in [1.807, 2.05) is 36.1 Å². The highest BCUT2D eigenvalue weighted by Crippen LogP contribution is 2.21. The first-order valence-corrected chi connectivity index (χ1v) is 5.80. The molecule has 0 amide bonds. The number of aromatic nitrogens is 1. The number of rotatable bonds is 3.